The second-order valence-corrected chi connectivity index (χ2v) is 8.63. The zero-order valence-corrected chi connectivity index (χ0v) is 19.5. The third-order valence-corrected chi connectivity index (χ3v) is 5.62. The third kappa shape index (κ3) is 5.04. The highest BCUT2D eigenvalue weighted by molar-refractivity contribution is 7.22. The molecule has 4 rings (SSSR count). The molecule has 0 aliphatic heterocycles. The number of benzene rings is 2. The van der Waals surface area contributed by atoms with Gasteiger partial charge < -0.3 is 14.0 Å². The van der Waals surface area contributed by atoms with Crippen LogP contribution in [-0.4, -0.2) is 34.7 Å². The Labute approximate surface area is 194 Å². The van der Waals surface area contributed by atoms with Crippen molar-refractivity contribution in [1.29, 1.82) is 0 Å². The number of carbonyl (C=O) groups is 2. The minimum atomic E-state index is -0.439. The predicted molar refractivity (Wildman–Crippen MR) is 126 cm³/mol. The predicted octanol–water partition coefficient (Wildman–Crippen LogP) is 5.48. The van der Waals surface area contributed by atoms with Gasteiger partial charge >= 0.3 is 5.97 Å². The number of ether oxygens (including phenoxy) is 2. The molecule has 2 heterocycles. The van der Waals surface area contributed by atoms with E-state index in [9.17, 15) is 9.59 Å². The first-order valence-corrected chi connectivity index (χ1v) is 11.3. The molecule has 2 aromatic carbocycles. The molecule has 0 radical (unpaired) electrons. The van der Waals surface area contributed by atoms with Gasteiger partial charge in [-0.15, -0.1) is 0 Å². The number of hydrogen-bond donors (Lipinski definition) is 1. The lowest BCUT2D eigenvalue weighted by Gasteiger charge is -2.12. The van der Waals surface area contributed by atoms with Crippen molar-refractivity contribution in [2.75, 3.05) is 11.9 Å². The van der Waals surface area contributed by atoms with E-state index in [1.54, 1.807) is 31.2 Å². The molecule has 0 aliphatic carbocycles. The zero-order chi connectivity index (χ0) is 23.5. The second kappa shape index (κ2) is 9.41. The van der Waals surface area contributed by atoms with E-state index < -0.39 is 11.9 Å². The van der Waals surface area contributed by atoms with Crippen molar-refractivity contribution in [2.24, 2.45) is 0 Å². The van der Waals surface area contributed by atoms with Crippen LogP contribution in [0.3, 0.4) is 0 Å². The van der Waals surface area contributed by atoms with E-state index in [4.69, 9.17) is 14.0 Å². The highest BCUT2D eigenvalue weighted by atomic mass is 32.1. The summed E-state index contributed by atoms with van der Waals surface area (Å²) in [5.41, 5.74) is 2.99. The molecule has 0 saturated carbocycles. The van der Waals surface area contributed by atoms with Crippen LogP contribution in [0.5, 0.6) is 5.75 Å². The van der Waals surface area contributed by atoms with Crippen molar-refractivity contribution in [3.63, 3.8) is 0 Å². The van der Waals surface area contributed by atoms with E-state index in [1.165, 1.54) is 11.3 Å². The number of nitrogens with one attached hydrogen (secondary N) is 1. The maximum absolute atomic E-state index is 12.7. The molecule has 4 aromatic rings. The van der Waals surface area contributed by atoms with Crippen LogP contribution in [0.2, 0.25) is 0 Å². The second-order valence-electron chi connectivity index (χ2n) is 7.60. The van der Waals surface area contributed by atoms with Crippen LogP contribution in [0, 0.1) is 6.92 Å². The molecule has 1 N–H and O–H groups in total. The quantitative estimate of drug-likeness (QED) is 0.361. The molecule has 2 aromatic heterocycles. The first-order valence-electron chi connectivity index (χ1n) is 10.5. The van der Waals surface area contributed by atoms with E-state index in [0.29, 0.717) is 28.6 Å². The van der Waals surface area contributed by atoms with Crippen molar-refractivity contribution in [2.45, 2.75) is 33.8 Å². The first-order chi connectivity index (χ1) is 15.8. The monoisotopic (exact) mass is 465 g/mol. The Hall–Kier alpha value is -3.72. The lowest BCUT2D eigenvalue weighted by atomic mass is 10.1. The third-order valence-electron chi connectivity index (χ3n) is 4.68. The van der Waals surface area contributed by atoms with Gasteiger partial charge in [-0.25, -0.2) is 9.78 Å². The summed E-state index contributed by atoms with van der Waals surface area (Å²) < 4.78 is 16.9. The highest BCUT2D eigenvalue weighted by Crippen LogP contribution is 2.29. The minimum Gasteiger partial charge on any atom is -0.491 e. The maximum atomic E-state index is 12.7. The van der Waals surface area contributed by atoms with E-state index in [1.807, 2.05) is 39.0 Å². The average Bonchev–Trinajstić information content (AvgIpc) is 3.41. The molecule has 0 unspecified atom stereocenters. The van der Waals surface area contributed by atoms with Gasteiger partial charge in [0.2, 0.25) is 0 Å². The fraction of sp³-hybridized carbons (Fsp3) is 0.250. The summed E-state index contributed by atoms with van der Waals surface area (Å²) in [6, 6.07) is 12.3. The Bertz CT molecular complexity index is 1320. The Morgan fingerprint density at radius 2 is 1.97 bits per heavy atom. The number of aromatic nitrogens is 2. The maximum Gasteiger partial charge on any atom is 0.338 e. The Balaban J connectivity index is 1.49. The van der Waals surface area contributed by atoms with Gasteiger partial charge in [0, 0.05) is 11.6 Å². The minimum absolute atomic E-state index is 0.0781. The number of nitrogens with zero attached hydrogens (tertiary/aromatic N) is 2. The van der Waals surface area contributed by atoms with Crippen LogP contribution in [0.4, 0.5) is 5.13 Å². The van der Waals surface area contributed by atoms with Crippen LogP contribution < -0.4 is 10.1 Å². The summed E-state index contributed by atoms with van der Waals surface area (Å²) in [5.74, 6) is 0.439. The number of fused-ring (bicyclic) bond motifs is 1. The van der Waals surface area contributed by atoms with Gasteiger partial charge in [0.05, 0.1) is 28.5 Å². The van der Waals surface area contributed by atoms with Gasteiger partial charge in [0.1, 0.15) is 5.75 Å². The molecular weight excluding hydrogens is 442 g/mol. The number of carbonyl (C=O) groups excluding carboxylic acids is 2. The topological polar surface area (TPSA) is 104 Å². The molecule has 0 saturated heterocycles. The van der Waals surface area contributed by atoms with Crippen molar-refractivity contribution < 1.29 is 23.6 Å². The molecule has 170 valence electrons. The van der Waals surface area contributed by atoms with Crippen molar-refractivity contribution in [3.8, 4) is 17.1 Å². The van der Waals surface area contributed by atoms with Gasteiger partial charge in [0.15, 0.2) is 16.6 Å². The van der Waals surface area contributed by atoms with Crippen molar-refractivity contribution >= 4 is 38.6 Å². The molecule has 0 spiro atoms. The molecule has 8 nitrogen and oxygen atoms in total. The molecule has 0 aliphatic rings. The molecule has 33 heavy (non-hydrogen) atoms. The summed E-state index contributed by atoms with van der Waals surface area (Å²) in [5, 5.41) is 7.03. The molecule has 9 heteroatoms. The van der Waals surface area contributed by atoms with E-state index >= 15 is 0 Å². The Morgan fingerprint density at radius 3 is 2.70 bits per heavy atom. The molecular formula is C24H23N3O5S. The summed E-state index contributed by atoms with van der Waals surface area (Å²) in [7, 11) is 0. The lowest BCUT2D eigenvalue weighted by molar-refractivity contribution is 0.0526. The van der Waals surface area contributed by atoms with Crippen LogP contribution in [0.25, 0.3) is 21.5 Å². The molecule has 0 atom stereocenters. The molecule has 1 amide bonds. The summed E-state index contributed by atoms with van der Waals surface area (Å²) in [6.45, 7) is 7.95. The smallest absolute Gasteiger partial charge is 0.338 e. The molecule has 0 fully saturated rings. The number of anilines is 1. The zero-order valence-electron chi connectivity index (χ0n) is 18.7. The highest BCUT2D eigenvalue weighted by Gasteiger charge is 2.17. The van der Waals surface area contributed by atoms with E-state index in [2.05, 4.69) is 15.5 Å². The number of thiazole rings is 1. The SMILES string of the molecule is CCOC(=O)c1ccc2nc(NC(=O)c3cc(-c4ccc(OC(C)C)c(C)c4)on3)sc2c1. The number of aryl methyl sites for hydroxylation is 1. The normalized spacial score (nSPS) is 11.1. The van der Waals surface area contributed by atoms with Gasteiger partial charge in [-0.3, -0.25) is 10.1 Å². The molecule has 0 bridgehead atoms. The van der Waals surface area contributed by atoms with Crippen LogP contribution >= 0.6 is 11.3 Å². The van der Waals surface area contributed by atoms with Crippen LogP contribution in [0.1, 0.15) is 47.2 Å². The van der Waals surface area contributed by atoms with E-state index in [-0.39, 0.29) is 11.8 Å². The average molecular weight is 466 g/mol. The first kappa shape index (κ1) is 22.5. The number of esters is 1. The summed E-state index contributed by atoms with van der Waals surface area (Å²) >= 11 is 1.26. The van der Waals surface area contributed by atoms with Gasteiger partial charge in [-0.1, -0.05) is 16.5 Å². The van der Waals surface area contributed by atoms with Crippen molar-refractivity contribution in [3.05, 3.63) is 59.3 Å². The number of rotatable bonds is 7. The van der Waals surface area contributed by atoms with E-state index in [0.717, 1.165) is 21.6 Å². The van der Waals surface area contributed by atoms with Gasteiger partial charge in [-0.05, 0) is 69.7 Å². The van der Waals surface area contributed by atoms with Crippen molar-refractivity contribution in [1.82, 2.24) is 10.1 Å². The fourth-order valence-corrected chi connectivity index (χ4v) is 4.09. The fourth-order valence-electron chi connectivity index (χ4n) is 3.19. The summed E-state index contributed by atoms with van der Waals surface area (Å²) in [4.78, 5) is 29.0. The standard InChI is InChI=1S/C24H23N3O5S/c1-5-30-23(29)16-6-8-17-21(11-16)33-24(25-17)26-22(28)18-12-20(32-27-18)15-7-9-19(14(4)10-15)31-13(2)3/h6-13H,5H2,1-4H3,(H,25,26,28). The van der Waals surface area contributed by atoms with Gasteiger partial charge in [0.25, 0.3) is 5.91 Å². The number of hydrogen-bond acceptors (Lipinski definition) is 8. The van der Waals surface area contributed by atoms with Gasteiger partial charge in [-0.2, -0.15) is 0 Å². The summed E-state index contributed by atoms with van der Waals surface area (Å²) in [6.07, 6.45) is 0.0781. The largest absolute Gasteiger partial charge is 0.491 e. The Kier molecular flexibility index (Phi) is 6.41. The lowest BCUT2D eigenvalue weighted by Crippen LogP contribution is -2.11. The van der Waals surface area contributed by atoms with Crippen LogP contribution in [0.15, 0.2) is 47.0 Å². The van der Waals surface area contributed by atoms with Crippen LogP contribution in [-0.2, 0) is 4.74 Å². The Morgan fingerprint density at radius 1 is 1.15 bits per heavy atom. The number of amides is 1.